The third-order valence-corrected chi connectivity index (χ3v) is 3.68. The van der Waals surface area contributed by atoms with Crippen molar-refractivity contribution in [2.24, 2.45) is 12.8 Å². The van der Waals surface area contributed by atoms with E-state index in [1.807, 2.05) is 38.1 Å². The third-order valence-electron chi connectivity index (χ3n) is 3.68. The molecule has 2 N–H and O–H groups in total. The zero-order valence-electron chi connectivity index (χ0n) is 13.6. The topological polar surface area (TPSA) is 66.5 Å². The summed E-state index contributed by atoms with van der Waals surface area (Å²) < 4.78 is 12.2. The molecule has 2 rings (SSSR count). The highest BCUT2D eigenvalue weighted by molar-refractivity contribution is 5.69. The average Bonchev–Trinajstić information content (AvgIpc) is 2.48. The molecule has 0 aliphatic carbocycles. The summed E-state index contributed by atoms with van der Waals surface area (Å²) in [5, 5.41) is 0. The molecule has 0 aliphatic heterocycles. The molecular weight excluding hydrogens is 280 g/mol. The Kier molecular flexibility index (Phi) is 4.28. The van der Waals surface area contributed by atoms with Crippen LogP contribution in [0.2, 0.25) is 0 Å². The van der Waals surface area contributed by atoms with Crippen LogP contribution < -0.4 is 20.8 Å². The first kappa shape index (κ1) is 16.1. The molecule has 0 saturated heterocycles. The lowest BCUT2D eigenvalue weighted by Gasteiger charge is -2.21. The highest BCUT2D eigenvalue weighted by Gasteiger charge is 2.21. The second kappa shape index (κ2) is 5.85. The van der Waals surface area contributed by atoms with Crippen LogP contribution in [0, 0.1) is 0 Å². The molecule has 0 spiro atoms. The molecule has 5 nitrogen and oxygen atoms in total. The van der Waals surface area contributed by atoms with Gasteiger partial charge in [-0.3, -0.25) is 4.79 Å². The minimum atomic E-state index is -0.689. The molecule has 0 unspecified atom stereocenters. The van der Waals surface area contributed by atoms with Crippen LogP contribution in [-0.2, 0) is 12.6 Å². The Morgan fingerprint density at radius 3 is 2.32 bits per heavy atom. The van der Waals surface area contributed by atoms with Crippen LogP contribution in [0.15, 0.2) is 35.1 Å². The number of ether oxygens (including phenoxy) is 2. The molecule has 22 heavy (non-hydrogen) atoms. The lowest BCUT2D eigenvalue weighted by molar-refractivity contribution is 0.404. The Morgan fingerprint density at radius 1 is 1.09 bits per heavy atom. The number of benzene rings is 1. The van der Waals surface area contributed by atoms with Crippen molar-refractivity contribution in [1.29, 1.82) is 0 Å². The summed E-state index contributed by atoms with van der Waals surface area (Å²) in [5.41, 5.74) is 7.36. The second-order valence-electron chi connectivity index (χ2n) is 5.78. The molecule has 0 atom stereocenters. The molecule has 0 fully saturated rings. The van der Waals surface area contributed by atoms with Gasteiger partial charge in [0.25, 0.3) is 5.56 Å². The van der Waals surface area contributed by atoms with E-state index in [4.69, 9.17) is 15.2 Å². The van der Waals surface area contributed by atoms with Crippen molar-refractivity contribution < 1.29 is 9.47 Å². The fourth-order valence-corrected chi connectivity index (χ4v) is 2.41. The van der Waals surface area contributed by atoms with Crippen LogP contribution in [-0.4, -0.2) is 18.8 Å². The average molecular weight is 302 g/mol. The molecule has 0 saturated carbocycles. The fourth-order valence-electron chi connectivity index (χ4n) is 2.41. The quantitative estimate of drug-likeness (QED) is 0.941. The summed E-state index contributed by atoms with van der Waals surface area (Å²) in [5.74, 6) is 1.38. The first-order valence-electron chi connectivity index (χ1n) is 7.01. The largest absolute Gasteiger partial charge is 0.497 e. The van der Waals surface area contributed by atoms with Gasteiger partial charge >= 0.3 is 0 Å². The van der Waals surface area contributed by atoms with Crippen LogP contribution in [0.1, 0.15) is 19.4 Å². The van der Waals surface area contributed by atoms with Crippen molar-refractivity contribution in [3.8, 4) is 22.8 Å². The number of nitrogens with two attached hydrogens (primary N) is 1. The lowest BCUT2D eigenvalue weighted by Crippen LogP contribution is -2.37. The van der Waals surface area contributed by atoms with Crippen LogP contribution >= 0.6 is 0 Å². The summed E-state index contributed by atoms with van der Waals surface area (Å²) in [6, 6.07) is 9.14. The monoisotopic (exact) mass is 302 g/mol. The summed E-state index contributed by atoms with van der Waals surface area (Å²) in [4.78, 5) is 12.6. The molecule has 1 heterocycles. The molecule has 0 amide bonds. The molecular formula is C17H22N2O3. The van der Waals surface area contributed by atoms with E-state index in [0.29, 0.717) is 17.1 Å². The van der Waals surface area contributed by atoms with Gasteiger partial charge in [-0.2, -0.15) is 0 Å². The van der Waals surface area contributed by atoms with Gasteiger partial charge in [0.05, 0.1) is 19.9 Å². The molecule has 1 aromatic carbocycles. The van der Waals surface area contributed by atoms with Gasteiger partial charge in [0.2, 0.25) is 0 Å². The molecule has 2 aromatic rings. The Balaban J connectivity index is 2.69. The minimum absolute atomic E-state index is 0.116. The van der Waals surface area contributed by atoms with Crippen LogP contribution in [0.5, 0.6) is 11.5 Å². The third kappa shape index (κ3) is 2.85. The molecule has 0 bridgehead atoms. The van der Waals surface area contributed by atoms with E-state index in [9.17, 15) is 4.79 Å². The number of rotatable bonds is 4. The van der Waals surface area contributed by atoms with E-state index in [1.54, 1.807) is 31.9 Å². The molecule has 5 heteroatoms. The number of hydrogen-bond donors (Lipinski definition) is 1. The van der Waals surface area contributed by atoms with Crippen molar-refractivity contribution >= 4 is 0 Å². The summed E-state index contributed by atoms with van der Waals surface area (Å²) in [6.45, 7) is 3.63. The zero-order valence-corrected chi connectivity index (χ0v) is 13.6. The SMILES string of the molecule is COc1ccc(OC)c(-c2ccc(C(C)(C)N)c(=O)n2C)c1. The van der Waals surface area contributed by atoms with Crippen LogP contribution in [0.3, 0.4) is 0 Å². The number of pyridine rings is 1. The highest BCUT2D eigenvalue weighted by Crippen LogP contribution is 2.33. The van der Waals surface area contributed by atoms with E-state index >= 15 is 0 Å². The van der Waals surface area contributed by atoms with Crippen molar-refractivity contribution in [3.05, 3.63) is 46.2 Å². The maximum absolute atomic E-state index is 12.6. The normalized spacial score (nSPS) is 11.4. The zero-order chi connectivity index (χ0) is 16.5. The maximum atomic E-state index is 12.6. The molecule has 1 aromatic heterocycles. The second-order valence-corrected chi connectivity index (χ2v) is 5.78. The molecule has 0 aliphatic rings. The van der Waals surface area contributed by atoms with Gasteiger partial charge in [0.15, 0.2) is 0 Å². The Hall–Kier alpha value is -2.27. The van der Waals surface area contributed by atoms with E-state index in [0.717, 1.165) is 11.3 Å². The summed E-state index contributed by atoms with van der Waals surface area (Å²) in [7, 11) is 4.93. The van der Waals surface area contributed by atoms with E-state index in [1.165, 1.54) is 0 Å². The molecule has 118 valence electrons. The number of hydrogen-bond acceptors (Lipinski definition) is 4. The van der Waals surface area contributed by atoms with E-state index in [2.05, 4.69) is 0 Å². The highest BCUT2D eigenvalue weighted by atomic mass is 16.5. The lowest BCUT2D eigenvalue weighted by atomic mass is 9.96. The smallest absolute Gasteiger partial charge is 0.255 e. The van der Waals surface area contributed by atoms with Gasteiger partial charge in [-0.25, -0.2) is 0 Å². The van der Waals surface area contributed by atoms with Crippen molar-refractivity contribution in [1.82, 2.24) is 4.57 Å². The first-order valence-corrected chi connectivity index (χ1v) is 7.01. The Bertz CT molecular complexity index is 743. The molecule has 0 radical (unpaired) electrons. The maximum Gasteiger partial charge on any atom is 0.255 e. The summed E-state index contributed by atoms with van der Waals surface area (Å²) in [6.07, 6.45) is 0. The van der Waals surface area contributed by atoms with Crippen molar-refractivity contribution in [2.45, 2.75) is 19.4 Å². The van der Waals surface area contributed by atoms with Gasteiger partial charge in [0.1, 0.15) is 11.5 Å². The predicted octanol–water partition coefficient (Wildman–Crippen LogP) is 2.26. The number of nitrogens with zero attached hydrogens (tertiary/aromatic N) is 1. The van der Waals surface area contributed by atoms with Crippen molar-refractivity contribution in [2.75, 3.05) is 14.2 Å². The Morgan fingerprint density at radius 2 is 1.77 bits per heavy atom. The van der Waals surface area contributed by atoms with E-state index in [-0.39, 0.29) is 5.56 Å². The van der Waals surface area contributed by atoms with Crippen LogP contribution in [0.25, 0.3) is 11.3 Å². The fraction of sp³-hybridized carbons (Fsp3) is 0.353. The van der Waals surface area contributed by atoms with Gasteiger partial charge in [-0.1, -0.05) is 0 Å². The van der Waals surface area contributed by atoms with Gasteiger partial charge in [-0.05, 0) is 44.2 Å². The minimum Gasteiger partial charge on any atom is -0.497 e. The summed E-state index contributed by atoms with van der Waals surface area (Å²) >= 11 is 0. The van der Waals surface area contributed by atoms with Gasteiger partial charge in [0, 0.05) is 23.7 Å². The first-order chi connectivity index (χ1) is 10.3. The standard InChI is InChI=1S/C17H22N2O3/c1-17(2,18)13-7-8-14(19(3)16(13)20)12-10-11(21-4)6-9-15(12)22-5/h6-10H,18H2,1-5H3. The van der Waals surface area contributed by atoms with E-state index < -0.39 is 5.54 Å². The number of methoxy groups -OCH3 is 2. The Labute approximate surface area is 130 Å². The van der Waals surface area contributed by atoms with Crippen LogP contribution in [0.4, 0.5) is 0 Å². The van der Waals surface area contributed by atoms with Gasteiger partial charge < -0.3 is 19.8 Å². The number of aromatic nitrogens is 1. The predicted molar refractivity (Wildman–Crippen MR) is 87.4 cm³/mol. The van der Waals surface area contributed by atoms with Gasteiger partial charge in [-0.15, -0.1) is 0 Å². The van der Waals surface area contributed by atoms with Crippen molar-refractivity contribution in [3.63, 3.8) is 0 Å².